The zero-order valence-electron chi connectivity index (χ0n) is 10.8. The maximum absolute atomic E-state index is 11.3. The van der Waals surface area contributed by atoms with Gasteiger partial charge in [0, 0.05) is 12.8 Å². The van der Waals surface area contributed by atoms with Gasteiger partial charge in [-0.1, -0.05) is 0 Å². The van der Waals surface area contributed by atoms with Gasteiger partial charge in [-0.3, -0.25) is 4.79 Å². The molecule has 0 spiro atoms. The first-order valence-corrected chi connectivity index (χ1v) is 6.45. The first kappa shape index (κ1) is 11.8. The number of carbonyl (C=O) groups is 1. The minimum atomic E-state index is -0.839. The van der Waals surface area contributed by atoms with Crippen LogP contribution in [0.1, 0.15) is 46.0 Å². The van der Waals surface area contributed by atoms with Crippen molar-refractivity contribution in [3.63, 3.8) is 0 Å². The molecule has 0 bridgehead atoms. The largest absolute Gasteiger partial charge is 0.491 e. The second-order valence-electron chi connectivity index (χ2n) is 5.85. The fourth-order valence-corrected chi connectivity index (χ4v) is 2.77. The Kier molecular flexibility index (Phi) is 2.52. The maximum Gasteiger partial charge on any atom is 0.311 e. The third-order valence-electron chi connectivity index (χ3n) is 3.91. The van der Waals surface area contributed by atoms with Crippen LogP contribution in [0.5, 0.6) is 0 Å². The van der Waals surface area contributed by atoms with Gasteiger partial charge in [0.1, 0.15) is 17.6 Å². The second-order valence-corrected chi connectivity index (χ2v) is 5.85. The Hall–Kier alpha value is -1.29. The molecule has 2 heterocycles. The van der Waals surface area contributed by atoms with E-state index in [1.54, 1.807) is 13.8 Å². The van der Waals surface area contributed by atoms with Crippen molar-refractivity contribution in [3.05, 3.63) is 22.7 Å². The Morgan fingerprint density at radius 1 is 1.17 bits per heavy atom. The molecule has 3 rings (SSSR count). The molecule has 0 amide bonds. The highest BCUT2D eigenvalue weighted by Gasteiger charge is 2.39. The first-order valence-electron chi connectivity index (χ1n) is 6.45. The zero-order chi connectivity index (χ0) is 12.9. The third-order valence-corrected chi connectivity index (χ3v) is 3.91. The Labute approximate surface area is 106 Å². The lowest BCUT2D eigenvalue weighted by atomic mass is 9.88. The van der Waals surface area contributed by atoms with Gasteiger partial charge in [-0.2, -0.15) is 0 Å². The highest BCUT2D eigenvalue weighted by atomic mass is 16.5. The lowest BCUT2D eigenvalue weighted by Gasteiger charge is -2.26. The van der Waals surface area contributed by atoms with Crippen LogP contribution >= 0.6 is 0 Å². The van der Waals surface area contributed by atoms with E-state index in [-0.39, 0.29) is 12.1 Å². The first-order chi connectivity index (χ1) is 8.43. The highest BCUT2D eigenvalue weighted by Crippen LogP contribution is 2.43. The summed E-state index contributed by atoms with van der Waals surface area (Å²) in [6.07, 6.45) is 3.30. The van der Waals surface area contributed by atoms with Gasteiger partial charge in [-0.05, 0) is 37.8 Å². The number of esters is 1. The average Bonchev–Trinajstić information content (AvgIpc) is 2.68. The van der Waals surface area contributed by atoms with E-state index < -0.39 is 5.60 Å². The minimum Gasteiger partial charge on any atom is -0.491 e. The quantitative estimate of drug-likeness (QED) is 0.725. The smallest absolute Gasteiger partial charge is 0.311 e. The number of carbonyl (C=O) groups excluding carboxylic acids is 1. The summed E-state index contributed by atoms with van der Waals surface area (Å²) in [5.74, 6) is 1.53. The number of allylic oxidation sites excluding steroid dienone is 1. The van der Waals surface area contributed by atoms with Gasteiger partial charge in [-0.15, -0.1) is 0 Å². The van der Waals surface area contributed by atoms with Crippen molar-refractivity contribution >= 4 is 5.97 Å². The van der Waals surface area contributed by atoms with Gasteiger partial charge in [-0.25, -0.2) is 0 Å². The Morgan fingerprint density at radius 3 is 2.67 bits per heavy atom. The van der Waals surface area contributed by atoms with Crippen molar-refractivity contribution in [2.75, 3.05) is 0 Å². The number of hydrogen-bond acceptors (Lipinski definition) is 4. The normalized spacial score (nSPS) is 27.7. The molecule has 3 aliphatic rings. The van der Waals surface area contributed by atoms with E-state index in [1.165, 1.54) is 11.1 Å². The molecule has 0 saturated carbocycles. The van der Waals surface area contributed by atoms with Gasteiger partial charge in [0.15, 0.2) is 0 Å². The SMILES string of the molecule is CC(C)(O)[C@@H]1CC2=C(CC3=C(CCC(=O)O3)C2)O1. The summed E-state index contributed by atoms with van der Waals surface area (Å²) in [5.41, 5.74) is 1.65. The van der Waals surface area contributed by atoms with Crippen molar-refractivity contribution in [3.8, 4) is 0 Å². The van der Waals surface area contributed by atoms with Crippen molar-refractivity contribution in [2.24, 2.45) is 0 Å². The molecular weight excluding hydrogens is 232 g/mol. The number of hydrogen-bond donors (Lipinski definition) is 1. The zero-order valence-corrected chi connectivity index (χ0v) is 10.8. The van der Waals surface area contributed by atoms with Gasteiger partial charge >= 0.3 is 5.97 Å². The van der Waals surface area contributed by atoms with Crippen LogP contribution in [0.3, 0.4) is 0 Å². The molecule has 0 radical (unpaired) electrons. The van der Waals surface area contributed by atoms with Crippen LogP contribution in [-0.2, 0) is 14.3 Å². The molecule has 1 N–H and O–H groups in total. The second kappa shape index (κ2) is 3.85. The molecule has 98 valence electrons. The standard InChI is InChI=1S/C14H18O4/c1-14(2,16)12-6-9-5-8-3-4-13(15)18-10(8)7-11(9)17-12/h12,16H,3-7H2,1-2H3/t12-/m0/s1. The van der Waals surface area contributed by atoms with Crippen molar-refractivity contribution in [1.29, 1.82) is 0 Å². The Balaban J connectivity index is 1.76. The molecule has 18 heavy (non-hydrogen) atoms. The molecule has 4 nitrogen and oxygen atoms in total. The summed E-state index contributed by atoms with van der Waals surface area (Å²) in [7, 11) is 0. The summed E-state index contributed by atoms with van der Waals surface area (Å²) >= 11 is 0. The topological polar surface area (TPSA) is 55.8 Å². The Morgan fingerprint density at radius 2 is 1.94 bits per heavy atom. The monoisotopic (exact) mass is 250 g/mol. The van der Waals surface area contributed by atoms with Crippen molar-refractivity contribution < 1.29 is 19.4 Å². The van der Waals surface area contributed by atoms with Gasteiger partial charge < -0.3 is 14.6 Å². The van der Waals surface area contributed by atoms with Crippen LogP contribution in [0.25, 0.3) is 0 Å². The molecule has 0 saturated heterocycles. The van der Waals surface area contributed by atoms with E-state index in [0.29, 0.717) is 12.8 Å². The summed E-state index contributed by atoms with van der Waals surface area (Å²) in [4.78, 5) is 11.3. The minimum absolute atomic E-state index is 0.144. The van der Waals surface area contributed by atoms with E-state index in [2.05, 4.69) is 0 Å². The lowest BCUT2D eigenvalue weighted by Crippen LogP contribution is -2.35. The predicted molar refractivity (Wildman–Crippen MR) is 64.4 cm³/mol. The molecule has 0 aromatic rings. The molecule has 1 atom stereocenters. The number of ether oxygens (including phenoxy) is 2. The van der Waals surface area contributed by atoms with E-state index in [4.69, 9.17) is 9.47 Å². The molecule has 1 aliphatic carbocycles. The molecule has 0 unspecified atom stereocenters. The van der Waals surface area contributed by atoms with E-state index in [1.807, 2.05) is 0 Å². The molecule has 0 aromatic heterocycles. The van der Waals surface area contributed by atoms with Crippen LogP contribution in [0, 0.1) is 0 Å². The lowest BCUT2D eigenvalue weighted by molar-refractivity contribution is -0.141. The van der Waals surface area contributed by atoms with Crippen molar-refractivity contribution in [2.45, 2.75) is 57.7 Å². The van der Waals surface area contributed by atoms with Crippen LogP contribution in [0.4, 0.5) is 0 Å². The predicted octanol–water partition coefficient (Wildman–Crippen LogP) is 2.19. The highest BCUT2D eigenvalue weighted by molar-refractivity contribution is 5.72. The fraction of sp³-hybridized carbons (Fsp3) is 0.643. The van der Waals surface area contributed by atoms with Gasteiger partial charge in [0.2, 0.25) is 0 Å². The van der Waals surface area contributed by atoms with E-state index in [9.17, 15) is 9.90 Å². The van der Waals surface area contributed by atoms with E-state index in [0.717, 1.165) is 30.8 Å². The van der Waals surface area contributed by atoms with Gasteiger partial charge in [0.25, 0.3) is 0 Å². The van der Waals surface area contributed by atoms with Crippen LogP contribution in [-0.4, -0.2) is 22.8 Å². The summed E-state index contributed by atoms with van der Waals surface area (Å²) in [6.45, 7) is 3.53. The van der Waals surface area contributed by atoms with Crippen molar-refractivity contribution in [1.82, 2.24) is 0 Å². The molecular formula is C14H18O4. The van der Waals surface area contributed by atoms with Crippen LogP contribution in [0.2, 0.25) is 0 Å². The third kappa shape index (κ3) is 1.94. The summed E-state index contributed by atoms with van der Waals surface area (Å²) < 4.78 is 11.1. The van der Waals surface area contributed by atoms with E-state index >= 15 is 0 Å². The molecule has 0 fully saturated rings. The number of aliphatic hydroxyl groups is 1. The van der Waals surface area contributed by atoms with Gasteiger partial charge in [0.05, 0.1) is 12.0 Å². The van der Waals surface area contributed by atoms with Crippen LogP contribution in [0.15, 0.2) is 22.7 Å². The molecule has 2 aliphatic heterocycles. The maximum atomic E-state index is 11.3. The molecule has 4 heteroatoms. The Bertz CT molecular complexity index is 465. The average molecular weight is 250 g/mol. The molecule has 0 aromatic carbocycles. The summed E-state index contributed by atoms with van der Waals surface area (Å²) in [6, 6.07) is 0. The fourth-order valence-electron chi connectivity index (χ4n) is 2.77. The summed E-state index contributed by atoms with van der Waals surface area (Å²) in [5, 5.41) is 10.0. The number of rotatable bonds is 1. The van der Waals surface area contributed by atoms with Crippen LogP contribution < -0.4 is 0 Å².